The highest BCUT2D eigenvalue weighted by Crippen LogP contribution is 2.42. The van der Waals surface area contributed by atoms with E-state index in [0.29, 0.717) is 30.0 Å². The predicted molar refractivity (Wildman–Crippen MR) is 166 cm³/mol. The van der Waals surface area contributed by atoms with E-state index >= 15 is 0 Å². The van der Waals surface area contributed by atoms with Crippen LogP contribution < -0.4 is 20.7 Å². The summed E-state index contributed by atoms with van der Waals surface area (Å²) in [6, 6.07) is 4.69. The lowest BCUT2D eigenvalue weighted by molar-refractivity contribution is -0.709. The molecule has 2 amide bonds. The number of alkyl halides is 3. The fourth-order valence-electron chi connectivity index (χ4n) is 5.02. The first-order chi connectivity index (χ1) is 21.6. The number of nitrogens with two attached hydrogens (primary N) is 1. The molecule has 0 spiro atoms. The van der Waals surface area contributed by atoms with Gasteiger partial charge < -0.3 is 26.1 Å². The molecule has 0 radical (unpaired) electrons. The third-order valence-electron chi connectivity index (χ3n) is 7.35. The highest BCUT2D eigenvalue weighted by atomic mass is 35.5. The molecule has 3 atom stereocenters. The Bertz CT molecular complexity index is 1570. The first-order valence-corrected chi connectivity index (χ1v) is 17.3. The van der Waals surface area contributed by atoms with Gasteiger partial charge in [-0.15, -0.1) is 35.3 Å². The number of carbonyl (C=O) groups excluding carboxylic acids is 3. The molecule has 0 saturated carbocycles. The minimum absolute atomic E-state index is 0.0531. The van der Waals surface area contributed by atoms with Crippen LogP contribution in [0.4, 0.5) is 13.2 Å². The number of hydrogen-bond donors (Lipinski definition) is 3. The molecule has 0 unspecified atom stereocenters. The van der Waals surface area contributed by atoms with Crippen LogP contribution in [0, 0.1) is 13.8 Å². The SMILES string of the molecule is Cc1cc(SCC2=C(C(=O)O)N3C(=O)[C@@H](NC(=O)CSc4cc(C(F)(F)F)ccc4Cl)[C@H]3SC2)cc(C)[n+]1CCC[C@H](N)C(=O)[O-]. The van der Waals surface area contributed by atoms with Crippen LogP contribution in [0.15, 0.2) is 51.4 Å². The van der Waals surface area contributed by atoms with E-state index in [-0.39, 0.29) is 27.8 Å². The number of carbonyl (C=O) groups is 4. The van der Waals surface area contributed by atoms with E-state index in [1.807, 2.05) is 30.5 Å². The number of halogens is 4. The fourth-order valence-corrected chi connectivity index (χ4v) is 8.65. The summed E-state index contributed by atoms with van der Waals surface area (Å²) < 4.78 is 41.2. The predicted octanol–water partition coefficient (Wildman–Crippen LogP) is 2.74. The highest BCUT2D eigenvalue weighted by molar-refractivity contribution is 8.01. The Kier molecular flexibility index (Phi) is 11.6. The van der Waals surface area contributed by atoms with Crippen LogP contribution >= 0.6 is 46.9 Å². The Hall–Kier alpha value is -2.92. The van der Waals surface area contributed by atoms with Gasteiger partial charge in [0, 0.05) is 59.7 Å². The zero-order valence-electron chi connectivity index (χ0n) is 24.6. The van der Waals surface area contributed by atoms with E-state index in [9.17, 15) is 42.6 Å². The maximum absolute atomic E-state index is 13.1. The van der Waals surface area contributed by atoms with Gasteiger partial charge in [-0.25, -0.2) is 9.36 Å². The van der Waals surface area contributed by atoms with Gasteiger partial charge in [-0.2, -0.15) is 13.2 Å². The van der Waals surface area contributed by atoms with Gasteiger partial charge in [0.25, 0.3) is 5.91 Å². The molecule has 2 aromatic rings. The van der Waals surface area contributed by atoms with Crippen LogP contribution in [-0.2, 0) is 31.9 Å². The van der Waals surface area contributed by atoms with Gasteiger partial charge in [0.2, 0.25) is 5.91 Å². The Morgan fingerprint density at radius 2 is 1.89 bits per heavy atom. The first-order valence-electron chi connectivity index (χ1n) is 13.9. The summed E-state index contributed by atoms with van der Waals surface area (Å²) in [6.07, 6.45) is -3.74. The molecule has 17 heteroatoms. The molecule has 1 saturated heterocycles. The molecule has 10 nitrogen and oxygen atoms in total. The quantitative estimate of drug-likeness (QED) is 0.160. The zero-order valence-corrected chi connectivity index (χ0v) is 27.8. The van der Waals surface area contributed by atoms with Crippen molar-refractivity contribution < 1.29 is 47.1 Å². The van der Waals surface area contributed by atoms with E-state index in [1.54, 1.807) is 0 Å². The van der Waals surface area contributed by atoms with Crippen LogP contribution in [0.5, 0.6) is 0 Å². The maximum Gasteiger partial charge on any atom is 0.416 e. The van der Waals surface area contributed by atoms with Crippen molar-refractivity contribution in [2.75, 3.05) is 17.3 Å². The average molecular weight is 719 g/mol. The normalized spacial score (nSPS) is 18.6. The summed E-state index contributed by atoms with van der Waals surface area (Å²) in [5.74, 6) is -3.42. The van der Waals surface area contributed by atoms with Crippen molar-refractivity contribution in [3.63, 3.8) is 0 Å². The van der Waals surface area contributed by atoms with Gasteiger partial charge in [0.15, 0.2) is 11.4 Å². The zero-order chi connectivity index (χ0) is 33.9. The summed E-state index contributed by atoms with van der Waals surface area (Å²) in [7, 11) is 0. The number of aliphatic carboxylic acids is 2. The minimum atomic E-state index is -4.57. The molecule has 1 fully saturated rings. The number of fused-ring (bicyclic) bond motifs is 1. The number of hydrogen-bond acceptors (Lipinski definition) is 9. The third kappa shape index (κ3) is 8.32. The third-order valence-corrected chi connectivity index (χ3v) is 11.2. The van der Waals surface area contributed by atoms with Gasteiger partial charge in [0.1, 0.15) is 23.7 Å². The Morgan fingerprint density at radius 3 is 2.50 bits per heavy atom. The van der Waals surface area contributed by atoms with Gasteiger partial charge in [-0.05, 0) is 30.2 Å². The van der Waals surface area contributed by atoms with Crippen LogP contribution in [0.1, 0.15) is 29.8 Å². The lowest BCUT2D eigenvalue weighted by Crippen LogP contribution is -2.70. The van der Waals surface area contributed by atoms with Gasteiger partial charge >= 0.3 is 12.1 Å². The van der Waals surface area contributed by atoms with Crippen molar-refractivity contribution in [2.24, 2.45) is 5.73 Å². The number of benzene rings is 1. The second kappa shape index (κ2) is 14.9. The monoisotopic (exact) mass is 718 g/mol. The summed E-state index contributed by atoms with van der Waals surface area (Å²) >= 11 is 9.54. The van der Waals surface area contributed by atoms with Crippen molar-refractivity contribution >= 4 is 70.6 Å². The number of carboxylic acids is 2. The number of thioether (sulfide) groups is 3. The Morgan fingerprint density at radius 1 is 1.22 bits per heavy atom. The van der Waals surface area contributed by atoms with Crippen LogP contribution in [0.25, 0.3) is 0 Å². The number of amides is 2. The van der Waals surface area contributed by atoms with E-state index < -0.39 is 53.0 Å². The smallest absolute Gasteiger partial charge is 0.416 e. The van der Waals surface area contributed by atoms with Crippen molar-refractivity contribution in [3.8, 4) is 0 Å². The number of aryl methyl sites for hydroxylation is 2. The number of pyridine rings is 1. The molecule has 46 heavy (non-hydrogen) atoms. The van der Waals surface area contributed by atoms with Crippen LogP contribution in [0.2, 0.25) is 5.02 Å². The average Bonchev–Trinajstić information content (AvgIpc) is 2.98. The molecule has 0 aliphatic carbocycles. The van der Waals surface area contributed by atoms with E-state index in [0.717, 1.165) is 46.2 Å². The molecule has 248 valence electrons. The topological polar surface area (TPSA) is 157 Å². The molecule has 3 heterocycles. The molecule has 1 aromatic heterocycles. The maximum atomic E-state index is 13.1. The van der Waals surface area contributed by atoms with Crippen LogP contribution in [-0.4, -0.2) is 68.5 Å². The number of carboxylic acid groups (broad SMARTS) is 2. The highest BCUT2D eigenvalue weighted by Gasteiger charge is 2.54. The lowest BCUT2D eigenvalue weighted by Gasteiger charge is -2.49. The molecular weight excluding hydrogens is 689 g/mol. The molecule has 4 N–H and O–H groups in total. The van der Waals surface area contributed by atoms with E-state index in [1.165, 1.54) is 28.4 Å². The van der Waals surface area contributed by atoms with E-state index in [2.05, 4.69) is 5.32 Å². The van der Waals surface area contributed by atoms with Gasteiger partial charge in [-0.3, -0.25) is 14.5 Å². The molecule has 1 aromatic carbocycles. The van der Waals surface area contributed by atoms with Crippen LogP contribution in [0.3, 0.4) is 0 Å². The summed E-state index contributed by atoms with van der Waals surface area (Å²) in [6.45, 7) is 4.40. The second-order valence-electron chi connectivity index (χ2n) is 10.6. The second-order valence-corrected chi connectivity index (χ2v) is 14.2. The number of β-lactam (4-membered cyclic amide) rings is 1. The summed E-state index contributed by atoms with van der Waals surface area (Å²) in [5, 5.41) is 22.9. The standard InChI is InChI=1S/C29H30ClF3N4O6S3/c1-14-8-18(9-15(2)36(14)7-3-4-20(34)27(40)41)44-11-16-12-46-26-23(25(39)37(26)24(16)28(42)43)35-22(38)13-45-21-10-17(29(31,32)33)5-6-19(21)30/h5-6,8-10,20,23,26H,3-4,7,11-13,34H2,1-2H3,(H2-,35,38,40,41,42,43)/t20-,23+,26+/m0/s1. The van der Waals surface area contributed by atoms with Crippen molar-refractivity contribution in [1.82, 2.24) is 10.2 Å². The molecule has 2 aliphatic heterocycles. The molecular formula is C29H30ClF3N4O6S3. The van der Waals surface area contributed by atoms with E-state index in [4.69, 9.17) is 17.3 Å². The number of nitrogens with zero attached hydrogens (tertiary/aromatic N) is 2. The van der Waals surface area contributed by atoms with Gasteiger partial charge in [-0.1, -0.05) is 11.6 Å². The molecule has 2 aliphatic rings. The molecule has 4 rings (SSSR count). The first kappa shape index (κ1) is 35.9. The van der Waals surface area contributed by atoms with Crippen molar-refractivity contribution in [3.05, 3.63) is 63.6 Å². The fraction of sp³-hybridized carbons (Fsp3) is 0.414. The lowest BCUT2D eigenvalue weighted by atomic mass is 10.0. The van der Waals surface area contributed by atoms with Crippen molar-refractivity contribution in [2.45, 2.75) is 66.7 Å². The minimum Gasteiger partial charge on any atom is -0.548 e. The summed E-state index contributed by atoms with van der Waals surface area (Å²) in [4.78, 5) is 50.9. The molecule has 0 bridgehead atoms. The number of aromatic nitrogens is 1. The number of nitrogens with one attached hydrogen (secondary N) is 1. The van der Waals surface area contributed by atoms with Crippen molar-refractivity contribution in [1.29, 1.82) is 0 Å². The summed E-state index contributed by atoms with van der Waals surface area (Å²) in [5.41, 5.74) is 6.92. The largest absolute Gasteiger partial charge is 0.548 e. The Balaban J connectivity index is 1.36. The Labute approximate surface area is 280 Å². The van der Waals surface area contributed by atoms with Gasteiger partial charge in [0.05, 0.1) is 22.3 Å². The number of rotatable bonds is 13.